The summed E-state index contributed by atoms with van der Waals surface area (Å²) in [5.41, 5.74) is 8.71. The molecule has 3 aromatic rings. The largest absolute Gasteiger partial charge is 0.347 e. The second-order valence-corrected chi connectivity index (χ2v) is 21.9. The number of fused-ring (bicyclic) bond motifs is 2. The van der Waals surface area contributed by atoms with Crippen LogP contribution in [0.5, 0.6) is 0 Å². The molecular formula is C55H78N8O5. The first-order valence-corrected chi connectivity index (χ1v) is 25.3. The minimum atomic E-state index is -0.765. The molecule has 2 heterocycles. The van der Waals surface area contributed by atoms with Gasteiger partial charge in [-0.3, -0.25) is 29.3 Å². The van der Waals surface area contributed by atoms with Gasteiger partial charge in [0, 0.05) is 19.1 Å². The fourth-order valence-corrected chi connectivity index (χ4v) is 10.8. The van der Waals surface area contributed by atoms with E-state index in [1.54, 1.807) is 32.8 Å². The third-order valence-corrected chi connectivity index (χ3v) is 15.1. The third kappa shape index (κ3) is 11.0. The number of nitrogens with zero attached hydrogens (tertiary/aromatic N) is 2. The Kier molecular flexibility index (Phi) is 15.9. The van der Waals surface area contributed by atoms with Crippen LogP contribution in [0.4, 0.5) is 0 Å². The maximum atomic E-state index is 14.2. The van der Waals surface area contributed by atoms with Crippen LogP contribution in [0.3, 0.4) is 0 Å². The Hall–Kier alpha value is -5.11. The van der Waals surface area contributed by atoms with Crippen molar-refractivity contribution >= 4 is 29.5 Å². The number of likely N-dealkylation sites (tertiary alicyclic amines) is 2. The molecular weight excluding hydrogens is 853 g/mol. The lowest BCUT2D eigenvalue weighted by Crippen LogP contribution is -2.59. The number of nitrogens with one attached hydrogen (secondary N) is 6. The molecule has 2 fully saturated rings. The number of carbonyl (C=O) groups is 5. The van der Waals surface area contributed by atoms with Crippen molar-refractivity contribution in [3.05, 3.63) is 82.9 Å². The second-order valence-electron chi connectivity index (χ2n) is 21.9. The van der Waals surface area contributed by atoms with E-state index in [0.29, 0.717) is 19.5 Å². The van der Waals surface area contributed by atoms with Crippen LogP contribution in [-0.4, -0.2) is 103 Å². The summed E-state index contributed by atoms with van der Waals surface area (Å²) < 4.78 is 0. The van der Waals surface area contributed by atoms with Crippen molar-refractivity contribution in [1.29, 1.82) is 0 Å². The fourth-order valence-electron chi connectivity index (χ4n) is 10.8. The van der Waals surface area contributed by atoms with Crippen molar-refractivity contribution in [2.75, 3.05) is 27.2 Å². The molecule has 8 atom stereocenters. The van der Waals surface area contributed by atoms with Crippen LogP contribution in [0.2, 0.25) is 0 Å². The van der Waals surface area contributed by atoms with Gasteiger partial charge < -0.3 is 36.4 Å². The van der Waals surface area contributed by atoms with Crippen LogP contribution < -0.4 is 31.9 Å². The van der Waals surface area contributed by atoms with Gasteiger partial charge in [0.2, 0.25) is 29.5 Å². The first kappa shape index (κ1) is 50.8. The van der Waals surface area contributed by atoms with Crippen LogP contribution in [0.25, 0.3) is 22.3 Å². The predicted molar refractivity (Wildman–Crippen MR) is 269 cm³/mol. The van der Waals surface area contributed by atoms with Crippen LogP contribution in [0, 0.1) is 10.8 Å². The lowest BCUT2D eigenvalue weighted by atomic mass is 9.81. The van der Waals surface area contributed by atoms with E-state index in [2.05, 4.69) is 92.6 Å². The van der Waals surface area contributed by atoms with Gasteiger partial charge in [-0.15, -0.1) is 0 Å². The predicted octanol–water partition coefficient (Wildman–Crippen LogP) is 6.70. The van der Waals surface area contributed by atoms with E-state index in [9.17, 15) is 24.0 Å². The SMILES string of the molecule is CNC(C)C(=O)NC(C(=O)N1CCC[C@H]1N[C@@H]1CCCc2c(-c3ccc(-c4cccc5c4CCC[C@H]5NC(=O)[C@@H]4CCCN4C(=O)C(NC(=O)C(C)NC)C(C)(C)C)cc3)cccc21)C(C)(C)C. The number of rotatable bonds is 14. The summed E-state index contributed by atoms with van der Waals surface area (Å²) in [4.78, 5) is 72.0. The molecule has 2 saturated heterocycles. The summed E-state index contributed by atoms with van der Waals surface area (Å²) in [6.07, 6.45) is 8.65. The maximum absolute atomic E-state index is 14.2. The van der Waals surface area contributed by atoms with Gasteiger partial charge in [0.1, 0.15) is 18.1 Å². The molecule has 0 radical (unpaired) electrons. The molecule has 6 N–H and O–H groups in total. The van der Waals surface area contributed by atoms with Gasteiger partial charge in [-0.25, -0.2) is 0 Å². The zero-order valence-corrected chi connectivity index (χ0v) is 42.3. The molecule has 2 aliphatic heterocycles. The standard InChI is InChI=1S/C55H78N8O5/c1-33(56-9)49(64)60-47(54(3,4)5)52(67)62-31-15-25-45(62)51(66)59-44-24-14-20-40-38(18-12-22-42(40)44)36-29-27-35(28-30-36)37-17-11-21-41-39(37)19-13-23-43(41)58-46-26-16-32-63(46)53(68)48(55(6,7)8)61-50(65)34(2)57-10/h11-12,17-18,21-22,27-30,33-34,43-48,56-58H,13-16,19-20,23-26,31-32H2,1-10H3,(H,59,66)(H,60,64)(H,61,65)/t33?,34?,43-,44-,45+,46+,47?,48?/m1/s1. The van der Waals surface area contributed by atoms with Crippen molar-refractivity contribution < 1.29 is 24.0 Å². The Balaban J connectivity index is 1.05. The number of amides is 5. The zero-order valence-electron chi connectivity index (χ0n) is 42.3. The van der Waals surface area contributed by atoms with Crippen molar-refractivity contribution in [2.45, 2.75) is 168 Å². The highest BCUT2D eigenvalue weighted by atomic mass is 16.2. The topological polar surface area (TPSA) is 164 Å². The van der Waals surface area contributed by atoms with Crippen molar-refractivity contribution in [3.8, 4) is 22.3 Å². The Bertz CT molecular complexity index is 2320. The molecule has 2 aliphatic carbocycles. The van der Waals surface area contributed by atoms with Crippen LogP contribution >= 0.6 is 0 Å². The Morgan fingerprint density at radius 3 is 1.53 bits per heavy atom. The van der Waals surface area contributed by atoms with Gasteiger partial charge in [-0.2, -0.15) is 0 Å². The van der Waals surface area contributed by atoms with Gasteiger partial charge in [0.25, 0.3) is 0 Å². The molecule has 0 aromatic heterocycles. The molecule has 4 unspecified atom stereocenters. The van der Waals surface area contributed by atoms with Crippen molar-refractivity contribution in [2.24, 2.45) is 10.8 Å². The molecule has 3 aromatic carbocycles. The zero-order chi connectivity index (χ0) is 49.1. The summed E-state index contributed by atoms with van der Waals surface area (Å²) in [7, 11) is 3.46. The Morgan fingerprint density at radius 1 is 0.574 bits per heavy atom. The third-order valence-electron chi connectivity index (χ3n) is 15.1. The summed E-state index contributed by atoms with van der Waals surface area (Å²) in [5.74, 6) is -0.816. The summed E-state index contributed by atoms with van der Waals surface area (Å²) >= 11 is 0. The lowest BCUT2D eigenvalue weighted by Gasteiger charge is -2.38. The average molecular weight is 931 g/mol. The molecule has 68 heavy (non-hydrogen) atoms. The minimum Gasteiger partial charge on any atom is -0.347 e. The maximum Gasteiger partial charge on any atom is 0.246 e. The molecule has 5 amide bonds. The smallest absolute Gasteiger partial charge is 0.246 e. The highest BCUT2D eigenvalue weighted by molar-refractivity contribution is 5.94. The first-order valence-electron chi connectivity index (χ1n) is 25.3. The number of hydrogen-bond donors (Lipinski definition) is 6. The fraction of sp³-hybridized carbons (Fsp3) is 0.582. The van der Waals surface area contributed by atoms with E-state index in [1.165, 1.54) is 33.4 Å². The molecule has 13 heteroatoms. The van der Waals surface area contributed by atoms with Gasteiger partial charge in [0.15, 0.2) is 0 Å². The summed E-state index contributed by atoms with van der Waals surface area (Å²) in [6, 6.07) is 19.0. The number of carbonyl (C=O) groups excluding carboxylic acids is 5. The van der Waals surface area contributed by atoms with Gasteiger partial charge in [-0.05, 0) is 147 Å². The number of benzene rings is 3. The van der Waals surface area contributed by atoms with Crippen LogP contribution in [-0.2, 0) is 36.8 Å². The monoisotopic (exact) mass is 931 g/mol. The molecule has 13 nitrogen and oxygen atoms in total. The molecule has 0 bridgehead atoms. The van der Waals surface area contributed by atoms with Crippen LogP contribution in [0.15, 0.2) is 60.7 Å². The highest BCUT2D eigenvalue weighted by Gasteiger charge is 2.44. The normalized spacial score (nSPS) is 22.3. The Morgan fingerprint density at radius 2 is 1.03 bits per heavy atom. The summed E-state index contributed by atoms with van der Waals surface area (Å²) in [5, 5.41) is 19.3. The van der Waals surface area contributed by atoms with E-state index >= 15 is 0 Å². The quantitative estimate of drug-likeness (QED) is 0.104. The first-order chi connectivity index (χ1) is 32.3. The van der Waals surface area contributed by atoms with Crippen LogP contribution in [0.1, 0.15) is 141 Å². The van der Waals surface area contributed by atoms with Gasteiger partial charge >= 0.3 is 0 Å². The van der Waals surface area contributed by atoms with Crippen molar-refractivity contribution in [3.63, 3.8) is 0 Å². The molecule has 7 rings (SSSR count). The highest BCUT2D eigenvalue weighted by Crippen LogP contribution is 2.40. The van der Waals surface area contributed by atoms with Crippen molar-refractivity contribution in [1.82, 2.24) is 41.7 Å². The number of likely N-dealkylation sites (N-methyl/N-ethyl adjacent to an activating group) is 2. The van der Waals surface area contributed by atoms with E-state index in [-0.39, 0.29) is 47.8 Å². The molecule has 0 spiro atoms. The van der Waals surface area contributed by atoms with E-state index in [0.717, 1.165) is 68.9 Å². The second kappa shape index (κ2) is 21.3. The van der Waals surface area contributed by atoms with Gasteiger partial charge in [-0.1, -0.05) is 102 Å². The molecule has 368 valence electrons. The average Bonchev–Trinajstić information content (AvgIpc) is 4.01. The minimum absolute atomic E-state index is 0.0353. The Labute approximate surface area is 405 Å². The lowest BCUT2D eigenvalue weighted by molar-refractivity contribution is -0.144. The molecule has 4 aliphatic rings. The number of hydrogen-bond acceptors (Lipinski definition) is 8. The van der Waals surface area contributed by atoms with E-state index in [4.69, 9.17) is 0 Å². The summed E-state index contributed by atoms with van der Waals surface area (Å²) in [6.45, 7) is 16.5. The van der Waals surface area contributed by atoms with Gasteiger partial charge in [0.05, 0.1) is 24.3 Å². The van der Waals surface area contributed by atoms with E-state index < -0.39 is 41.0 Å². The van der Waals surface area contributed by atoms with E-state index in [1.807, 2.05) is 46.4 Å². The molecule has 0 saturated carbocycles.